The molecule has 0 aliphatic carbocycles. The van der Waals surface area contributed by atoms with Gasteiger partial charge in [0.25, 0.3) is 0 Å². The first-order chi connectivity index (χ1) is 11.1. The summed E-state index contributed by atoms with van der Waals surface area (Å²) < 4.78 is 5.50. The van der Waals surface area contributed by atoms with Gasteiger partial charge in [0.15, 0.2) is 0 Å². The maximum Gasteiger partial charge on any atom is 0.226 e. The summed E-state index contributed by atoms with van der Waals surface area (Å²) in [5.74, 6) is -0.159. The van der Waals surface area contributed by atoms with E-state index in [1.165, 1.54) is 11.3 Å². The molecule has 2 atom stereocenters. The maximum absolute atomic E-state index is 12.2. The van der Waals surface area contributed by atoms with Crippen molar-refractivity contribution in [2.75, 3.05) is 13.2 Å². The number of aliphatic hydroxyl groups excluding tert-OH is 1. The van der Waals surface area contributed by atoms with Gasteiger partial charge in [-0.3, -0.25) is 4.79 Å². The quantitative estimate of drug-likeness (QED) is 0.778. The maximum atomic E-state index is 12.2. The van der Waals surface area contributed by atoms with E-state index in [4.69, 9.17) is 4.74 Å². The Morgan fingerprint density at radius 1 is 1.39 bits per heavy atom. The molecule has 0 radical (unpaired) electrons. The fourth-order valence-electron chi connectivity index (χ4n) is 2.24. The Morgan fingerprint density at radius 3 is 2.78 bits per heavy atom. The Bertz CT molecular complexity index is 615. The van der Waals surface area contributed by atoms with Crippen LogP contribution in [0.1, 0.15) is 42.3 Å². The molecular formula is C17H22N2O3S. The first-order valence-corrected chi connectivity index (χ1v) is 8.53. The molecular weight excluding hydrogens is 312 g/mol. The average Bonchev–Trinajstić information content (AvgIpc) is 3.02. The van der Waals surface area contributed by atoms with Crippen molar-refractivity contribution in [1.29, 1.82) is 0 Å². The van der Waals surface area contributed by atoms with Crippen LogP contribution in [-0.2, 0) is 16.0 Å². The van der Waals surface area contributed by atoms with Crippen molar-refractivity contribution in [1.82, 2.24) is 10.3 Å². The number of nitrogens with one attached hydrogen (secondary N) is 1. The SMILES string of the molecule is CCOC(C)c1nc(CC(=O)N[C@H](CO)c2ccccc2)cs1. The summed E-state index contributed by atoms with van der Waals surface area (Å²) in [6, 6.07) is 9.02. The number of hydrogen-bond acceptors (Lipinski definition) is 5. The van der Waals surface area contributed by atoms with Crippen LogP contribution in [0.4, 0.5) is 0 Å². The second-order valence-electron chi connectivity index (χ2n) is 5.16. The predicted molar refractivity (Wildman–Crippen MR) is 90.3 cm³/mol. The summed E-state index contributed by atoms with van der Waals surface area (Å²) in [5, 5.41) is 15.1. The number of amides is 1. The van der Waals surface area contributed by atoms with Gasteiger partial charge in [0.2, 0.25) is 5.91 Å². The van der Waals surface area contributed by atoms with Gasteiger partial charge in [0, 0.05) is 12.0 Å². The lowest BCUT2D eigenvalue weighted by atomic mass is 10.1. The molecule has 0 aliphatic heterocycles. The summed E-state index contributed by atoms with van der Waals surface area (Å²) in [5.41, 5.74) is 1.60. The lowest BCUT2D eigenvalue weighted by Gasteiger charge is -2.16. The predicted octanol–water partition coefficient (Wildman–Crippen LogP) is 2.63. The summed E-state index contributed by atoms with van der Waals surface area (Å²) >= 11 is 1.50. The van der Waals surface area contributed by atoms with E-state index >= 15 is 0 Å². The van der Waals surface area contributed by atoms with Gasteiger partial charge in [-0.2, -0.15) is 0 Å². The highest BCUT2D eigenvalue weighted by Crippen LogP contribution is 2.21. The Morgan fingerprint density at radius 2 is 2.13 bits per heavy atom. The standard InChI is InChI=1S/C17H22N2O3S/c1-3-22-12(2)17-18-14(11-23-17)9-16(21)19-15(10-20)13-7-5-4-6-8-13/h4-8,11-12,15,20H,3,9-10H2,1-2H3,(H,19,21)/t12?,15-/m1/s1. The van der Waals surface area contributed by atoms with Crippen LogP contribution in [0.25, 0.3) is 0 Å². The van der Waals surface area contributed by atoms with Gasteiger partial charge >= 0.3 is 0 Å². The van der Waals surface area contributed by atoms with Crippen LogP contribution in [0.15, 0.2) is 35.7 Å². The number of nitrogens with zero attached hydrogens (tertiary/aromatic N) is 1. The number of thiazole rings is 1. The number of hydrogen-bond donors (Lipinski definition) is 2. The number of ether oxygens (including phenoxy) is 1. The van der Waals surface area contributed by atoms with E-state index in [-0.39, 0.29) is 25.0 Å². The fraction of sp³-hybridized carbons (Fsp3) is 0.412. The van der Waals surface area contributed by atoms with Crippen molar-refractivity contribution >= 4 is 17.2 Å². The molecule has 6 heteroatoms. The fourth-order valence-corrected chi connectivity index (χ4v) is 3.06. The van der Waals surface area contributed by atoms with Gasteiger partial charge < -0.3 is 15.2 Å². The van der Waals surface area contributed by atoms with Crippen molar-refractivity contribution in [2.24, 2.45) is 0 Å². The first-order valence-electron chi connectivity index (χ1n) is 7.65. The molecule has 1 aromatic heterocycles. The van der Waals surface area contributed by atoms with Crippen molar-refractivity contribution in [3.63, 3.8) is 0 Å². The minimum absolute atomic E-state index is 0.0590. The number of rotatable bonds is 8. The van der Waals surface area contributed by atoms with Crippen LogP contribution >= 0.6 is 11.3 Å². The number of carbonyl (C=O) groups is 1. The second-order valence-corrected chi connectivity index (χ2v) is 6.05. The summed E-state index contributed by atoms with van der Waals surface area (Å²) in [6.07, 6.45) is 0.134. The number of aromatic nitrogens is 1. The van der Waals surface area contributed by atoms with Gasteiger partial charge in [-0.15, -0.1) is 11.3 Å². The molecule has 5 nitrogen and oxygen atoms in total. The Kier molecular flexibility index (Phi) is 6.70. The van der Waals surface area contributed by atoms with Crippen LogP contribution in [-0.4, -0.2) is 29.2 Å². The van der Waals surface area contributed by atoms with Crippen LogP contribution < -0.4 is 5.32 Å². The zero-order valence-corrected chi connectivity index (χ0v) is 14.2. The molecule has 0 bridgehead atoms. The van der Waals surface area contributed by atoms with Gasteiger partial charge in [0.05, 0.1) is 24.8 Å². The monoisotopic (exact) mass is 334 g/mol. The smallest absolute Gasteiger partial charge is 0.226 e. The normalized spacial score (nSPS) is 13.5. The van der Waals surface area contributed by atoms with Gasteiger partial charge in [-0.05, 0) is 19.4 Å². The largest absolute Gasteiger partial charge is 0.394 e. The molecule has 1 amide bonds. The molecule has 0 aliphatic rings. The third kappa shape index (κ3) is 5.13. The van der Waals surface area contributed by atoms with Gasteiger partial charge in [-0.1, -0.05) is 30.3 Å². The molecule has 1 heterocycles. The zero-order valence-electron chi connectivity index (χ0n) is 13.4. The van der Waals surface area contributed by atoms with Crippen LogP contribution in [0.2, 0.25) is 0 Å². The van der Waals surface area contributed by atoms with Crippen molar-refractivity contribution in [2.45, 2.75) is 32.4 Å². The molecule has 2 aromatic rings. The Balaban J connectivity index is 1.94. The highest BCUT2D eigenvalue weighted by atomic mass is 32.1. The Hall–Kier alpha value is -1.76. The van der Waals surface area contributed by atoms with Crippen LogP contribution in [0.3, 0.4) is 0 Å². The van der Waals surface area contributed by atoms with E-state index in [0.29, 0.717) is 6.61 Å². The highest BCUT2D eigenvalue weighted by Gasteiger charge is 2.16. The molecule has 2 N–H and O–H groups in total. The van der Waals surface area contributed by atoms with Crippen LogP contribution in [0, 0.1) is 0 Å². The topological polar surface area (TPSA) is 71.5 Å². The third-order valence-corrected chi connectivity index (χ3v) is 4.45. The third-order valence-electron chi connectivity index (χ3n) is 3.40. The molecule has 0 fully saturated rings. The number of benzene rings is 1. The lowest BCUT2D eigenvalue weighted by Crippen LogP contribution is -2.32. The lowest BCUT2D eigenvalue weighted by molar-refractivity contribution is -0.121. The molecule has 0 saturated carbocycles. The van der Waals surface area contributed by atoms with Gasteiger partial charge in [-0.25, -0.2) is 4.98 Å². The first kappa shape index (κ1) is 17.6. The minimum Gasteiger partial charge on any atom is -0.394 e. The molecule has 23 heavy (non-hydrogen) atoms. The van der Waals surface area contributed by atoms with Crippen molar-refractivity contribution in [3.05, 3.63) is 52.0 Å². The minimum atomic E-state index is -0.399. The van der Waals surface area contributed by atoms with Crippen molar-refractivity contribution in [3.8, 4) is 0 Å². The summed E-state index contributed by atoms with van der Waals surface area (Å²) in [4.78, 5) is 16.6. The van der Waals surface area contributed by atoms with Gasteiger partial charge in [0.1, 0.15) is 11.1 Å². The number of aliphatic hydroxyl groups is 1. The average molecular weight is 334 g/mol. The van der Waals surface area contributed by atoms with E-state index in [0.717, 1.165) is 16.3 Å². The Labute approximate surface area is 140 Å². The van der Waals surface area contributed by atoms with E-state index in [2.05, 4.69) is 10.3 Å². The van der Waals surface area contributed by atoms with E-state index in [1.54, 1.807) is 0 Å². The van der Waals surface area contributed by atoms with E-state index in [9.17, 15) is 9.90 Å². The highest BCUT2D eigenvalue weighted by molar-refractivity contribution is 7.09. The molecule has 124 valence electrons. The summed E-state index contributed by atoms with van der Waals surface area (Å²) in [7, 11) is 0. The molecule has 1 unspecified atom stereocenters. The molecule has 1 aromatic carbocycles. The number of carbonyl (C=O) groups excluding carboxylic acids is 1. The zero-order chi connectivity index (χ0) is 16.7. The molecule has 0 saturated heterocycles. The van der Waals surface area contributed by atoms with Crippen LogP contribution in [0.5, 0.6) is 0 Å². The molecule has 0 spiro atoms. The van der Waals surface area contributed by atoms with E-state index in [1.807, 2.05) is 49.6 Å². The molecule has 2 rings (SSSR count). The van der Waals surface area contributed by atoms with E-state index < -0.39 is 6.04 Å². The van der Waals surface area contributed by atoms with Crippen molar-refractivity contribution < 1.29 is 14.6 Å². The second kappa shape index (κ2) is 8.76. The summed E-state index contributed by atoms with van der Waals surface area (Å²) in [6.45, 7) is 4.38.